The molecule has 6 heteroatoms. The quantitative estimate of drug-likeness (QED) is 0.766. The Morgan fingerprint density at radius 2 is 1.11 bits per heavy atom. The third-order valence-corrected chi connectivity index (χ3v) is 6.76. The van der Waals surface area contributed by atoms with Gasteiger partial charge in [-0.1, -0.05) is 59.3 Å². The minimum Gasteiger partial charge on any atom is -0.351 e. The molecule has 2 saturated carbocycles. The number of amides is 2. The van der Waals surface area contributed by atoms with Crippen LogP contribution in [0.4, 0.5) is 0 Å². The number of hydrogen-bond acceptors (Lipinski definition) is 4. The third-order valence-electron chi connectivity index (χ3n) is 6.76. The Bertz CT molecular complexity index is 519. The second-order valence-electron chi connectivity index (χ2n) is 9.96. The summed E-state index contributed by atoms with van der Waals surface area (Å²) in [6.07, 6.45) is 9.16. The average molecular weight is 395 g/mol. The second-order valence-corrected chi connectivity index (χ2v) is 9.96. The molecule has 2 amide bonds. The first-order valence-corrected chi connectivity index (χ1v) is 11.2. The summed E-state index contributed by atoms with van der Waals surface area (Å²) in [6.45, 7) is 7.85. The van der Waals surface area contributed by atoms with E-state index in [0.29, 0.717) is 0 Å². The van der Waals surface area contributed by atoms with E-state index in [1.54, 1.807) is 0 Å². The highest BCUT2D eigenvalue weighted by molar-refractivity contribution is 5.91. The number of ether oxygens (including phenoxy) is 2. The minimum atomic E-state index is -0.990. The van der Waals surface area contributed by atoms with Crippen molar-refractivity contribution in [3.63, 3.8) is 0 Å². The molecule has 3 fully saturated rings. The van der Waals surface area contributed by atoms with E-state index >= 15 is 0 Å². The fourth-order valence-corrected chi connectivity index (χ4v) is 4.43. The molecule has 0 spiro atoms. The summed E-state index contributed by atoms with van der Waals surface area (Å²) >= 11 is 0. The lowest BCUT2D eigenvalue weighted by Gasteiger charge is -2.36. The van der Waals surface area contributed by atoms with Crippen LogP contribution >= 0.6 is 0 Å². The van der Waals surface area contributed by atoms with Gasteiger partial charge in [0.05, 0.1) is 0 Å². The summed E-state index contributed by atoms with van der Waals surface area (Å²) in [7, 11) is 0. The molecule has 3 rings (SSSR count). The Morgan fingerprint density at radius 1 is 0.750 bits per heavy atom. The Morgan fingerprint density at radius 3 is 1.43 bits per heavy atom. The summed E-state index contributed by atoms with van der Waals surface area (Å²) in [5.74, 6) is -1.43. The maximum atomic E-state index is 13.0. The topological polar surface area (TPSA) is 76.7 Å². The molecule has 1 aliphatic heterocycles. The average Bonchev–Trinajstić information content (AvgIpc) is 3.03. The van der Waals surface area contributed by atoms with Gasteiger partial charge in [-0.2, -0.15) is 0 Å². The predicted octanol–water partition coefficient (Wildman–Crippen LogP) is 3.43. The Labute approximate surface area is 169 Å². The second kappa shape index (κ2) is 8.70. The number of rotatable bonds is 4. The van der Waals surface area contributed by atoms with Crippen molar-refractivity contribution in [1.82, 2.24) is 10.6 Å². The van der Waals surface area contributed by atoms with Gasteiger partial charge in [-0.15, -0.1) is 0 Å². The summed E-state index contributed by atoms with van der Waals surface area (Å²) in [6, 6.07) is 0.349. The lowest BCUT2D eigenvalue weighted by Crippen LogP contribution is -2.52. The lowest BCUT2D eigenvalue weighted by atomic mass is 9.87. The largest absolute Gasteiger partial charge is 0.351 e. The first-order valence-electron chi connectivity index (χ1n) is 11.2. The van der Waals surface area contributed by atoms with Crippen molar-refractivity contribution in [2.75, 3.05) is 0 Å². The van der Waals surface area contributed by atoms with Crippen LogP contribution in [0.25, 0.3) is 0 Å². The number of nitrogens with one attached hydrogen (secondary N) is 2. The lowest BCUT2D eigenvalue weighted by molar-refractivity contribution is -0.223. The van der Waals surface area contributed by atoms with Crippen molar-refractivity contribution in [1.29, 1.82) is 0 Å². The predicted molar refractivity (Wildman–Crippen MR) is 108 cm³/mol. The molecule has 2 N–H and O–H groups in total. The molecule has 0 unspecified atom stereocenters. The standard InChI is InChI=1S/C22H38N2O4/c1-21(2,3)22(4)27-17(19(25)23-15-11-7-5-8-12-15)18(28-22)20(26)24-16-13-9-6-10-14-16/h15-18H,5-14H2,1-4H3,(H,23,25)(H,24,26)/t17-,18-/m1/s1. The van der Waals surface area contributed by atoms with Crippen LogP contribution in [-0.2, 0) is 19.1 Å². The van der Waals surface area contributed by atoms with E-state index in [1.165, 1.54) is 12.8 Å². The molecule has 2 atom stereocenters. The van der Waals surface area contributed by atoms with E-state index in [2.05, 4.69) is 10.6 Å². The van der Waals surface area contributed by atoms with Crippen LogP contribution in [0.2, 0.25) is 0 Å². The Kier molecular flexibility index (Phi) is 6.70. The molecule has 1 saturated heterocycles. The molecule has 1 heterocycles. The fraction of sp³-hybridized carbons (Fsp3) is 0.909. The van der Waals surface area contributed by atoms with Gasteiger partial charge in [-0.05, 0) is 32.6 Å². The van der Waals surface area contributed by atoms with Crippen molar-refractivity contribution in [3.8, 4) is 0 Å². The van der Waals surface area contributed by atoms with Gasteiger partial charge in [0.25, 0.3) is 11.8 Å². The maximum Gasteiger partial charge on any atom is 0.252 e. The molecule has 28 heavy (non-hydrogen) atoms. The minimum absolute atomic E-state index is 0.174. The normalized spacial score (nSPS) is 29.4. The van der Waals surface area contributed by atoms with Gasteiger partial charge >= 0.3 is 0 Å². The smallest absolute Gasteiger partial charge is 0.252 e. The van der Waals surface area contributed by atoms with E-state index in [1.807, 2.05) is 27.7 Å². The third kappa shape index (κ3) is 4.88. The highest BCUT2D eigenvalue weighted by Gasteiger charge is 2.56. The zero-order valence-corrected chi connectivity index (χ0v) is 18.0. The fourth-order valence-electron chi connectivity index (χ4n) is 4.43. The maximum absolute atomic E-state index is 13.0. The molecular formula is C22H38N2O4. The SMILES string of the molecule is CC(C)(C)C1(C)O[C@@H](C(=O)NC2CCCCC2)[C@H](C(=O)NC2CCCCC2)O1. The molecule has 6 nitrogen and oxygen atoms in total. The van der Waals surface area contributed by atoms with Gasteiger partial charge in [-0.3, -0.25) is 9.59 Å². The van der Waals surface area contributed by atoms with Gasteiger partial charge in [0.1, 0.15) is 0 Å². The number of carbonyl (C=O) groups is 2. The molecule has 0 aromatic heterocycles. The summed E-state index contributed by atoms with van der Waals surface area (Å²) in [4.78, 5) is 26.1. The molecule has 3 aliphatic rings. The van der Waals surface area contributed by atoms with Crippen LogP contribution in [0, 0.1) is 5.41 Å². The first kappa shape index (κ1) is 21.6. The summed E-state index contributed by atoms with van der Waals surface area (Å²) < 4.78 is 12.3. The van der Waals surface area contributed by atoms with Crippen LogP contribution in [0.1, 0.15) is 91.9 Å². The first-order chi connectivity index (χ1) is 13.2. The van der Waals surface area contributed by atoms with E-state index in [9.17, 15) is 9.59 Å². The molecule has 0 aromatic rings. The number of carbonyl (C=O) groups excluding carboxylic acids is 2. The van der Waals surface area contributed by atoms with Crippen molar-refractivity contribution in [3.05, 3.63) is 0 Å². The van der Waals surface area contributed by atoms with Gasteiger partial charge in [-0.25, -0.2) is 0 Å². The van der Waals surface area contributed by atoms with Gasteiger partial charge in [0.2, 0.25) is 0 Å². The van der Waals surface area contributed by atoms with E-state index in [4.69, 9.17) is 9.47 Å². The molecule has 2 aliphatic carbocycles. The van der Waals surface area contributed by atoms with Crippen molar-refractivity contribution in [2.24, 2.45) is 5.41 Å². The van der Waals surface area contributed by atoms with Crippen LogP contribution in [-0.4, -0.2) is 41.9 Å². The van der Waals surface area contributed by atoms with Crippen LogP contribution in [0.15, 0.2) is 0 Å². The Hall–Kier alpha value is -1.14. The molecule has 0 radical (unpaired) electrons. The highest BCUT2D eigenvalue weighted by atomic mass is 16.8. The monoisotopic (exact) mass is 394 g/mol. The number of hydrogen-bond donors (Lipinski definition) is 2. The highest BCUT2D eigenvalue weighted by Crippen LogP contribution is 2.42. The van der Waals surface area contributed by atoms with Gasteiger partial charge < -0.3 is 20.1 Å². The van der Waals surface area contributed by atoms with Crippen molar-refractivity contribution < 1.29 is 19.1 Å². The van der Waals surface area contributed by atoms with Crippen LogP contribution in [0.3, 0.4) is 0 Å². The molecule has 0 aromatic carbocycles. The van der Waals surface area contributed by atoms with Crippen LogP contribution in [0.5, 0.6) is 0 Å². The van der Waals surface area contributed by atoms with Gasteiger partial charge in [0, 0.05) is 17.5 Å². The zero-order chi connectivity index (χ0) is 20.4. The summed E-state index contributed by atoms with van der Waals surface area (Å²) in [5, 5.41) is 6.23. The summed E-state index contributed by atoms with van der Waals surface area (Å²) in [5.41, 5.74) is -0.365. The van der Waals surface area contributed by atoms with Crippen molar-refractivity contribution >= 4 is 11.8 Å². The van der Waals surface area contributed by atoms with E-state index < -0.39 is 18.0 Å². The molecular weight excluding hydrogens is 356 g/mol. The molecule has 0 bridgehead atoms. The molecule has 160 valence electrons. The van der Waals surface area contributed by atoms with Gasteiger partial charge in [0.15, 0.2) is 18.0 Å². The zero-order valence-electron chi connectivity index (χ0n) is 18.0. The van der Waals surface area contributed by atoms with Crippen molar-refractivity contribution in [2.45, 2.75) is 122 Å². The van der Waals surface area contributed by atoms with E-state index in [0.717, 1.165) is 51.4 Å². The van der Waals surface area contributed by atoms with E-state index in [-0.39, 0.29) is 29.3 Å². The Balaban J connectivity index is 1.71. The van der Waals surface area contributed by atoms with Crippen LogP contribution < -0.4 is 10.6 Å².